The van der Waals surface area contributed by atoms with Gasteiger partial charge in [0, 0.05) is 37.3 Å². The molecule has 1 aliphatic heterocycles. The van der Waals surface area contributed by atoms with E-state index in [1.165, 1.54) is 5.56 Å². The van der Waals surface area contributed by atoms with Gasteiger partial charge in [0.25, 0.3) is 5.91 Å². The summed E-state index contributed by atoms with van der Waals surface area (Å²) in [4.78, 5) is 12.2. The summed E-state index contributed by atoms with van der Waals surface area (Å²) in [5.74, 6) is -0.0609. The summed E-state index contributed by atoms with van der Waals surface area (Å²) >= 11 is 0. The Hall–Kier alpha value is -1.85. The maximum absolute atomic E-state index is 12.2. The molecule has 0 atom stereocenters. The Labute approximate surface area is 149 Å². The molecule has 0 unspecified atom stereocenters. The number of unbranched alkanes of at least 4 members (excludes halogenated alkanes) is 2. The van der Waals surface area contributed by atoms with Crippen LogP contribution >= 0.6 is 12.4 Å². The first-order chi connectivity index (χ1) is 11.3. The van der Waals surface area contributed by atoms with Crippen molar-refractivity contribution in [2.45, 2.75) is 38.6 Å². The van der Waals surface area contributed by atoms with E-state index in [4.69, 9.17) is 0 Å². The van der Waals surface area contributed by atoms with Gasteiger partial charge < -0.3 is 10.6 Å². The van der Waals surface area contributed by atoms with Gasteiger partial charge in [-0.25, -0.2) is 0 Å². The minimum absolute atomic E-state index is 0. The molecular formula is C18H25ClN4O. The average Bonchev–Trinajstić information content (AvgIpc) is 3.03. The summed E-state index contributed by atoms with van der Waals surface area (Å²) in [6, 6.07) is 10.5. The predicted molar refractivity (Wildman–Crippen MR) is 97.6 cm³/mol. The van der Waals surface area contributed by atoms with Gasteiger partial charge in [-0.15, -0.1) is 12.4 Å². The summed E-state index contributed by atoms with van der Waals surface area (Å²) in [5, 5.41) is 13.4. The lowest BCUT2D eigenvalue weighted by atomic mass is 10.1. The van der Waals surface area contributed by atoms with Gasteiger partial charge in [0.15, 0.2) is 5.69 Å². The number of fused-ring (bicyclic) bond motifs is 1. The Balaban J connectivity index is 0.00000208. The molecule has 0 bridgehead atoms. The molecular weight excluding hydrogens is 324 g/mol. The van der Waals surface area contributed by atoms with Crippen LogP contribution in [0.1, 0.15) is 46.6 Å². The van der Waals surface area contributed by atoms with Crippen molar-refractivity contribution in [2.24, 2.45) is 0 Å². The second-order valence-corrected chi connectivity index (χ2v) is 6.01. The molecule has 0 aliphatic carbocycles. The second kappa shape index (κ2) is 9.45. The fraction of sp³-hybridized carbons (Fsp3) is 0.444. The number of H-pyrrole nitrogens is 1. The molecule has 1 aliphatic rings. The Morgan fingerprint density at radius 3 is 2.83 bits per heavy atom. The molecule has 1 aromatic carbocycles. The third-order valence-corrected chi connectivity index (χ3v) is 4.29. The van der Waals surface area contributed by atoms with Crippen LogP contribution in [-0.4, -0.2) is 29.2 Å². The topological polar surface area (TPSA) is 69.8 Å². The highest BCUT2D eigenvalue weighted by Gasteiger charge is 2.20. The lowest BCUT2D eigenvalue weighted by molar-refractivity contribution is 0.0946. The van der Waals surface area contributed by atoms with Gasteiger partial charge in [0.1, 0.15) is 0 Å². The molecule has 0 spiro atoms. The van der Waals surface area contributed by atoms with Gasteiger partial charge in [-0.1, -0.05) is 36.8 Å². The Morgan fingerprint density at radius 2 is 2.00 bits per heavy atom. The fourth-order valence-electron chi connectivity index (χ4n) is 2.97. The number of nitrogens with one attached hydrogen (secondary N) is 3. The quantitative estimate of drug-likeness (QED) is 0.674. The lowest BCUT2D eigenvalue weighted by Crippen LogP contribution is -2.29. The molecule has 1 amide bonds. The number of aromatic amines is 1. The fourth-order valence-corrected chi connectivity index (χ4v) is 2.97. The summed E-state index contributed by atoms with van der Waals surface area (Å²) in [6.45, 7) is 2.38. The molecule has 130 valence electrons. The third-order valence-electron chi connectivity index (χ3n) is 4.29. The predicted octanol–water partition coefficient (Wildman–Crippen LogP) is 2.62. The molecule has 0 fully saturated rings. The van der Waals surface area contributed by atoms with Crippen molar-refractivity contribution in [1.29, 1.82) is 0 Å². The highest BCUT2D eigenvalue weighted by molar-refractivity contribution is 5.94. The van der Waals surface area contributed by atoms with Crippen molar-refractivity contribution in [3.8, 4) is 0 Å². The largest absolute Gasteiger partial charge is 0.351 e. The molecule has 24 heavy (non-hydrogen) atoms. The number of amides is 1. The van der Waals surface area contributed by atoms with Crippen molar-refractivity contribution in [2.75, 3.05) is 13.1 Å². The number of carbonyl (C=O) groups excluding carboxylic acids is 1. The minimum atomic E-state index is -0.0609. The first kappa shape index (κ1) is 18.5. The van der Waals surface area contributed by atoms with Crippen LogP contribution in [0.2, 0.25) is 0 Å². The number of carbonyl (C=O) groups is 1. The van der Waals surface area contributed by atoms with Crippen molar-refractivity contribution in [3.63, 3.8) is 0 Å². The van der Waals surface area contributed by atoms with Crippen LogP contribution in [0.25, 0.3) is 0 Å². The smallest absolute Gasteiger partial charge is 0.272 e. The van der Waals surface area contributed by atoms with Crippen molar-refractivity contribution < 1.29 is 4.79 Å². The van der Waals surface area contributed by atoms with E-state index < -0.39 is 0 Å². The number of nitrogens with zero attached hydrogens (tertiary/aromatic N) is 1. The zero-order valence-electron chi connectivity index (χ0n) is 13.8. The number of hydrogen-bond donors (Lipinski definition) is 3. The van der Waals surface area contributed by atoms with Crippen LogP contribution in [-0.2, 0) is 19.4 Å². The van der Waals surface area contributed by atoms with E-state index in [1.54, 1.807) is 0 Å². The minimum Gasteiger partial charge on any atom is -0.351 e. The number of halogens is 1. The van der Waals surface area contributed by atoms with Crippen LogP contribution in [0, 0.1) is 0 Å². The number of aryl methyl sites for hydroxylation is 1. The molecule has 2 aromatic rings. The van der Waals surface area contributed by atoms with Crippen LogP contribution in [0.15, 0.2) is 30.3 Å². The summed E-state index contributed by atoms with van der Waals surface area (Å²) < 4.78 is 0. The molecule has 0 radical (unpaired) electrons. The molecule has 3 N–H and O–H groups in total. The highest BCUT2D eigenvalue weighted by Crippen LogP contribution is 2.15. The maximum Gasteiger partial charge on any atom is 0.272 e. The molecule has 2 heterocycles. The van der Waals surface area contributed by atoms with Gasteiger partial charge in [-0.2, -0.15) is 5.10 Å². The van der Waals surface area contributed by atoms with E-state index in [0.29, 0.717) is 12.2 Å². The number of aromatic nitrogens is 2. The van der Waals surface area contributed by atoms with Gasteiger partial charge in [-0.3, -0.25) is 9.89 Å². The van der Waals surface area contributed by atoms with E-state index in [2.05, 4.69) is 45.1 Å². The Bertz CT molecular complexity index is 642. The third kappa shape index (κ3) is 4.82. The number of rotatable bonds is 7. The molecule has 3 rings (SSSR count). The van der Waals surface area contributed by atoms with E-state index >= 15 is 0 Å². The van der Waals surface area contributed by atoms with Crippen LogP contribution < -0.4 is 10.6 Å². The van der Waals surface area contributed by atoms with E-state index in [9.17, 15) is 4.79 Å². The van der Waals surface area contributed by atoms with Gasteiger partial charge in [0.05, 0.1) is 0 Å². The van der Waals surface area contributed by atoms with E-state index in [0.717, 1.165) is 56.5 Å². The summed E-state index contributed by atoms with van der Waals surface area (Å²) in [6.07, 6.45) is 5.29. The zero-order valence-corrected chi connectivity index (χ0v) is 14.6. The van der Waals surface area contributed by atoms with E-state index in [1.807, 2.05) is 6.07 Å². The standard InChI is InChI=1S/C18H24N4O.ClH/c23-18(17-15-13-19-12-10-16(15)21-22-17)20-11-6-2-5-9-14-7-3-1-4-8-14;/h1,3-4,7-8,19H,2,5-6,9-13H2,(H,20,23)(H,21,22);1H. The Kier molecular flexibility index (Phi) is 7.28. The maximum atomic E-state index is 12.2. The second-order valence-electron chi connectivity index (χ2n) is 6.01. The normalized spacial score (nSPS) is 13.0. The van der Waals surface area contributed by atoms with Crippen LogP contribution in [0.5, 0.6) is 0 Å². The lowest BCUT2D eigenvalue weighted by Gasteiger charge is -2.12. The molecule has 6 heteroatoms. The van der Waals surface area contributed by atoms with Gasteiger partial charge in [0.2, 0.25) is 0 Å². The zero-order chi connectivity index (χ0) is 15.9. The van der Waals surface area contributed by atoms with Crippen LogP contribution in [0.4, 0.5) is 0 Å². The van der Waals surface area contributed by atoms with Crippen molar-refractivity contribution in [3.05, 3.63) is 52.8 Å². The first-order valence-electron chi connectivity index (χ1n) is 8.43. The van der Waals surface area contributed by atoms with Crippen LogP contribution in [0.3, 0.4) is 0 Å². The average molecular weight is 349 g/mol. The van der Waals surface area contributed by atoms with Crippen molar-refractivity contribution >= 4 is 18.3 Å². The summed E-state index contributed by atoms with van der Waals surface area (Å²) in [7, 11) is 0. The van der Waals surface area contributed by atoms with Gasteiger partial charge in [-0.05, 0) is 24.8 Å². The van der Waals surface area contributed by atoms with Crippen molar-refractivity contribution in [1.82, 2.24) is 20.8 Å². The highest BCUT2D eigenvalue weighted by atomic mass is 35.5. The molecule has 0 saturated carbocycles. The number of hydrogen-bond acceptors (Lipinski definition) is 3. The van der Waals surface area contributed by atoms with E-state index in [-0.39, 0.29) is 18.3 Å². The molecule has 5 nitrogen and oxygen atoms in total. The SMILES string of the molecule is Cl.O=C(NCCCCCc1ccccc1)c1n[nH]c2c1CNCC2. The molecule has 0 saturated heterocycles. The molecule has 1 aromatic heterocycles. The Morgan fingerprint density at radius 1 is 1.17 bits per heavy atom. The summed E-state index contributed by atoms with van der Waals surface area (Å²) in [5.41, 5.74) is 4.05. The first-order valence-corrected chi connectivity index (χ1v) is 8.43. The number of benzene rings is 1. The monoisotopic (exact) mass is 348 g/mol. The van der Waals surface area contributed by atoms with Gasteiger partial charge >= 0.3 is 0 Å².